The van der Waals surface area contributed by atoms with Crippen molar-refractivity contribution in [2.45, 2.75) is 27.3 Å². The first-order chi connectivity index (χ1) is 13.8. The molecular formula is C22H24N4O3. The lowest BCUT2D eigenvalue weighted by molar-refractivity contribution is 0.0960. The predicted octanol–water partition coefficient (Wildman–Crippen LogP) is 2.97. The number of nitrogens with one attached hydrogen (secondary N) is 2. The van der Waals surface area contributed by atoms with Crippen molar-refractivity contribution in [2.24, 2.45) is 5.92 Å². The zero-order valence-electron chi connectivity index (χ0n) is 16.9. The Morgan fingerprint density at radius 1 is 1.03 bits per heavy atom. The van der Waals surface area contributed by atoms with Crippen LogP contribution in [0.2, 0.25) is 0 Å². The molecule has 0 saturated carbocycles. The Bertz CT molecular complexity index is 1150. The molecule has 0 radical (unpaired) electrons. The summed E-state index contributed by atoms with van der Waals surface area (Å²) in [6, 6.07) is 12.1. The maximum absolute atomic E-state index is 13.1. The fraction of sp³-hybridized carbons (Fsp3) is 0.273. The first-order valence-electron chi connectivity index (χ1n) is 9.46. The second-order valence-corrected chi connectivity index (χ2v) is 7.29. The largest absolute Gasteiger partial charge is 0.355 e. The lowest BCUT2D eigenvalue weighted by Gasteiger charge is -2.14. The summed E-state index contributed by atoms with van der Waals surface area (Å²) < 4.78 is 1.34. The zero-order chi connectivity index (χ0) is 21.1. The van der Waals surface area contributed by atoms with E-state index < -0.39 is 5.91 Å². The average molecular weight is 392 g/mol. The van der Waals surface area contributed by atoms with Crippen molar-refractivity contribution >= 4 is 28.3 Å². The Morgan fingerprint density at radius 2 is 1.72 bits per heavy atom. The fourth-order valence-corrected chi connectivity index (χ4v) is 3.21. The minimum absolute atomic E-state index is 0.172. The van der Waals surface area contributed by atoms with Crippen LogP contribution in [0.5, 0.6) is 0 Å². The van der Waals surface area contributed by atoms with Gasteiger partial charge in [0.1, 0.15) is 0 Å². The molecule has 0 aliphatic rings. The highest BCUT2D eigenvalue weighted by Crippen LogP contribution is 2.21. The molecule has 0 fully saturated rings. The molecule has 150 valence electrons. The number of anilines is 1. The van der Waals surface area contributed by atoms with Gasteiger partial charge in [0.2, 0.25) is 0 Å². The van der Waals surface area contributed by atoms with Crippen LogP contribution >= 0.6 is 0 Å². The molecule has 7 heteroatoms. The minimum Gasteiger partial charge on any atom is -0.355 e. The molecule has 2 amide bonds. The van der Waals surface area contributed by atoms with Crippen molar-refractivity contribution in [1.82, 2.24) is 15.1 Å². The van der Waals surface area contributed by atoms with Gasteiger partial charge in [-0.25, -0.2) is 4.68 Å². The lowest BCUT2D eigenvalue weighted by Crippen LogP contribution is -2.29. The van der Waals surface area contributed by atoms with E-state index in [1.165, 1.54) is 4.68 Å². The molecular weight excluding hydrogens is 368 g/mol. The Balaban J connectivity index is 2.07. The lowest BCUT2D eigenvalue weighted by atomic mass is 10.1. The van der Waals surface area contributed by atoms with Crippen LogP contribution in [0.15, 0.2) is 47.3 Å². The summed E-state index contributed by atoms with van der Waals surface area (Å²) >= 11 is 0. The maximum Gasteiger partial charge on any atom is 0.276 e. The van der Waals surface area contributed by atoms with Crippen LogP contribution in [0.3, 0.4) is 0 Å². The fourth-order valence-electron chi connectivity index (χ4n) is 3.21. The molecule has 0 unspecified atom stereocenters. The highest BCUT2D eigenvalue weighted by molar-refractivity contribution is 6.11. The number of carbonyl (C=O) groups excluding carboxylic acids is 2. The van der Waals surface area contributed by atoms with E-state index in [2.05, 4.69) is 15.7 Å². The summed E-state index contributed by atoms with van der Waals surface area (Å²) in [5.74, 6) is -0.465. The van der Waals surface area contributed by atoms with Gasteiger partial charge in [0.05, 0.1) is 5.39 Å². The van der Waals surface area contributed by atoms with E-state index in [-0.39, 0.29) is 23.1 Å². The summed E-state index contributed by atoms with van der Waals surface area (Å²) in [7, 11) is 1.56. The zero-order valence-corrected chi connectivity index (χ0v) is 16.9. The number of rotatable bonds is 5. The molecule has 29 heavy (non-hydrogen) atoms. The monoisotopic (exact) mass is 392 g/mol. The molecule has 1 heterocycles. The predicted molar refractivity (Wildman–Crippen MR) is 113 cm³/mol. The van der Waals surface area contributed by atoms with Crippen LogP contribution < -0.4 is 16.2 Å². The van der Waals surface area contributed by atoms with Crippen molar-refractivity contribution in [2.75, 3.05) is 12.4 Å². The molecule has 3 rings (SSSR count). The van der Waals surface area contributed by atoms with Crippen LogP contribution in [0.4, 0.5) is 5.69 Å². The van der Waals surface area contributed by atoms with Gasteiger partial charge in [0.25, 0.3) is 17.4 Å². The van der Waals surface area contributed by atoms with E-state index in [1.54, 1.807) is 56.4 Å². The number of benzene rings is 2. The number of fused-ring (bicyclic) bond motifs is 1. The first kappa shape index (κ1) is 20.3. The molecule has 0 spiro atoms. The third kappa shape index (κ3) is 4.03. The highest BCUT2D eigenvalue weighted by Gasteiger charge is 2.19. The summed E-state index contributed by atoms with van der Waals surface area (Å²) in [5.41, 5.74) is 1.60. The van der Waals surface area contributed by atoms with Crippen molar-refractivity contribution in [3.63, 3.8) is 0 Å². The van der Waals surface area contributed by atoms with Gasteiger partial charge in [-0.05, 0) is 36.6 Å². The number of hydrogen-bond donors (Lipinski definition) is 2. The van der Waals surface area contributed by atoms with Crippen LogP contribution in [-0.4, -0.2) is 28.6 Å². The van der Waals surface area contributed by atoms with Crippen LogP contribution in [0.25, 0.3) is 10.8 Å². The summed E-state index contributed by atoms with van der Waals surface area (Å²) in [6.07, 6.45) is 0. The third-order valence-corrected chi connectivity index (χ3v) is 4.67. The van der Waals surface area contributed by atoms with Crippen LogP contribution in [0.1, 0.15) is 40.3 Å². The van der Waals surface area contributed by atoms with Gasteiger partial charge in [0.15, 0.2) is 5.69 Å². The quantitative estimate of drug-likeness (QED) is 0.698. The molecule has 1 aromatic heterocycles. The van der Waals surface area contributed by atoms with E-state index in [4.69, 9.17) is 0 Å². The summed E-state index contributed by atoms with van der Waals surface area (Å²) in [4.78, 5) is 37.8. The van der Waals surface area contributed by atoms with E-state index in [0.29, 0.717) is 34.1 Å². The number of nitrogens with zero attached hydrogens (tertiary/aromatic N) is 2. The minimum atomic E-state index is -0.434. The van der Waals surface area contributed by atoms with Crippen LogP contribution in [-0.2, 0) is 6.54 Å². The summed E-state index contributed by atoms with van der Waals surface area (Å²) in [6.45, 7) is 6.15. The molecule has 0 atom stereocenters. The highest BCUT2D eigenvalue weighted by atomic mass is 16.2. The standard InChI is InChI=1S/C22H24N4O3/c1-13(2)12-26-22(29)17-9-6-5-8-16(17)19(25-26)21(28)24-18-11-7-10-15(14(18)3)20(27)23-4/h5-11,13H,12H2,1-4H3,(H,23,27)(H,24,28). The Kier molecular flexibility index (Phi) is 5.77. The van der Waals surface area contributed by atoms with Crippen molar-refractivity contribution in [3.05, 3.63) is 69.6 Å². The van der Waals surface area contributed by atoms with Crippen molar-refractivity contribution < 1.29 is 9.59 Å². The van der Waals surface area contributed by atoms with Gasteiger partial charge in [0, 0.05) is 30.2 Å². The molecule has 0 aliphatic heterocycles. The summed E-state index contributed by atoms with van der Waals surface area (Å²) in [5, 5.41) is 10.7. The molecule has 2 aromatic carbocycles. The van der Waals surface area contributed by atoms with E-state index in [1.807, 2.05) is 13.8 Å². The first-order valence-corrected chi connectivity index (χ1v) is 9.46. The van der Waals surface area contributed by atoms with Gasteiger partial charge in [-0.2, -0.15) is 5.10 Å². The number of carbonyl (C=O) groups is 2. The Morgan fingerprint density at radius 3 is 2.38 bits per heavy atom. The van der Waals surface area contributed by atoms with Gasteiger partial charge < -0.3 is 10.6 Å². The van der Waals surface area contributed by atoms with Gasteiger partial charge >= 0.3 is 0 Å². The molecule has 0 saturated heterocycles. The van der Waals surface area contributed by atoms with E-state index >= 15 is 0 Å². The second-order valence-electron chi connectivity index (χ2n) is 7.29. The number of hydrogen-bond acceptors (Lipinski definition) is 4. The number of amides is 2. The van der Waals surface area contributed by atoms with E-state index in [0.717, 1.165) is 0 Å². The average Bonchev–Trinajstić information content (AvgIpc) is 2.70. The SMILES string of the molecule is CNC(=O)c1cccc(NC(=O)c2nn(CC(C)C)c(=O)c3ccccc23)c1C. The normalized spacial score (nSPS) is 10.9. The Hall–Kier alpha value is -3.48. The van der Waals surface area contributed by atoms with Gasteiger partial charge in [-0.1, -0.05) is 38.1 Å². The topological polar surface area (TPSA) is 93.1 Å². The molecule has 3 aromatic rings. The van der Waals surface area contributed by atoms with Gasteiger partial charge in [-0.3, -0.25) is 14.4 Å². The smallest absolute Gasteiger partial charge is 0.276 e. The van der Waals surface area contributed by atoms with Crippen molar-refractivity contribution in [3.8, 4) is 0 Å². The van der Waals surface area contributed by atoms with Crippen LogP contribution in [0, 0.1) is 12.8 Å². The molecule has 2 N–H and O–H groups in total. The number of aromatic nitrogens is 2. The third-order valence-electron chi connectivity index (χ3n) is 4.67. The van der Waals surface area contributed by atoms with Gasteiger partial charge in [-0.15, -0.1) is 0 Å². The van der Waals surface area contributed by atoms with Crippen molar-refractivity contribution in [1.29, 1.82) is 0 Å². The molecule has 0 bridgehead atoms. The Labute approximate surface area is 168 Å². The molecule has 7 nitrogen and oxygen atoms in total. The second kappa shape index (κ2) is 8.26. The maximum atomic E-state index is 13.1. The molecule has 0 aliphatic carbocycles. The van der Waals surface area contributed by atoms with E-state index in [9.17, 15) is 14.4 Å².